The maximum absolute atomic E-state index is 4.76. The highest BCUT2D eigenvalue weighted by Crippen LogP contribution is 2.24. The minimum Gasteiger partial charge on any atom is -0.339 e. The van der Waals surface area contributed by atoms with Gasteiger partial charge in [-0.2, -0.15) is 0 Å². The highest BCUT2D eigenvalue weighted by molar-refractivity contribution is 8.76. The summed E-state index contributed by atoms with van der Waals surface area (Å²) in [5.41, 5.74) is 7.91. The van der Waals surface area contributed by atoms with Crippen LogP contribution in [0.15, 0.2) is 34.6 Å². The molecule has 0 saturated carbocycles. The van der Waals surface area contributed by atoms with Crippen LogP contribution >= 0.6 is 45.1 Å². The first-order valence-electron chi connectivity index (χ1n) is 15.3. The van der Waals surface area contributed by atoms with Gasteiger partial charge >= 0.3 is 0 Å². The first kappa shape index (κ1) is 36.2. The molecule has 14 heteroatoms. The lowest BCUT2D eigenvalue weighted by molar-refractivity contribution is 0.817. The van der Waals surface area contributed by atoms with Gasteiger partial charge in [0.2, 0.25) is 11.9 Å². The lowest BCUT2D eigenvalue weighted by Crippen LogP contribution is -2.31. The van der Waals surface area contributed by atoms with Crippen LogP contribution in [0.4, 0.5) is 11.9 Å². The van der Waals surface area contributed by atoms with Crippen molar-refractivity contribution in [3.8, 4) is 0 Å². The SMILES string of the molecule is Cc1cc(C)nc(SCCN(CCSSCCN(CCSc2nc(C)cc(C)n2)c2nc(C)cc(C)n2)c2nc(C)cc(C)n2)n1. The highest BCUT2D eigenvalue weighted by atomic mass is 33.1. The van der Waals surface area contributed by atoms with Gasteiger partial charge in [-0.05, 0) is 79.7 Å². The molecular weight excluding hydrogens is 653 g/mol. The average molecular weight is 697 g/mol. The molecule has 0 amide bonds. The van der Waals surface area contributed by atoms with Crippen molar-refractivity contribution in [3.63, 3.8) is 0 Å². The van der Waals surface area contributed by atoms with Gasteiger partial charge in [0.25, 0.3) is 0 Å². The largest absolute Gasteiger partial charge is 0.339 e. The molecule has 0 bridgehead atoms. The van der Waals surface area contributed by atoms with Crippen molar-refractivity contribution in [1.82, 2.24) is 39.9 Å². The summed E-state index contributed by atoms with van der Waals surface area (Å²) in [4.78, 5) is 42.0. The molecule has 46 heavy (non-hydrogen) atoms. The number of hydrogen-bond acceptors (Lipinski definition) is 14. The number of anilines is 2. The molecule has 0 aromatic carbocycles. The average Bonchev–Trinajstić information content (AvgIpc) is 2.95. The number of hydrogen-bond donors (Lipinski definition) is 0. The van der Waals surface area contributed by atoms with Crippen molar-refractivity contribution < 1.29 is 0 Å². The van der Waals surface area contributed by atoms with Crippen LogP contribution in [0.5, 0.6) is 0 Å². The molecule has 4 rings (SSSR count). The Morgan fingerprint density at radius 1 is 0.391 bits per heavy atom. The third-order valence-electron chi connectivity index (χ3n) is 6.59. The molecule has 0 radical (unpaired) electrons. The molecule has 0 aliphatic rings. The fourth-order valence-electron chi connectivity index (χ4n) is 4.74. The Morgan fingerprint density at radius 3 is 0.957 bits per heavy atom. The monoisotopic (exact) mass is 696 g/mol. The molecule has 4 aromatic rings. The third-order valence-corrected chi connectivity index (χ3v) is 10.6. The van der Waals surface area contributed by atoms with Gasteiger partial charge in [-0.25, -0.2) is 39.9 Å². The number of thioether (sulfide) groups is 2. The summed E-state index contributed by atoms with van der Waals surface area (Å²) in [6, 6.07) is 8.04. The predicted octanol–water partition coefficient (Wildman–Crippen LogP) is 6.59. The Bertz CT molecular complexity index is 1390. The minimum atomic E-state index is 0.786. The van der Waals surface area contributed by atoms with Gasteiger partial charge in [0, 0.05) is 94.7 Å². The van der Waals surface area contributed by atoms with E-state index in [0.717, 1.165) is 117 Å². The fraction of sp³-hybridized carbons (Fsp3) is 0.500. The lowest BCUT2D eigenvalue weighted by atomic mass is 10.3. The normalized spacial score (nSPS) is 11.2. The Hall–Kier alpha value is -2.68. The standard InChI is InChI=1S/C32H44N10S4/c1-21-17-22(2)34-29(33-21)41(9-13-43-31-37-25(5)19-26(6)38-31)11-15-45-46-16-12-42(30-35-23(3)18-24(4)36-30)10-14-44-32-39-27(7)20-28(8)40-32/h17-20H,9-16H2,1-8H3. The molecule has 0 saturated heterocycles. The Morgan fingerprint density at radius 2 is 0.652 bits per heavy atom. The van der Waals surface area contributed by atoms with Gasteiger partial charge in [-0.1, -0.05) is 45.1 Å². The van der Waals surface area contributed by atoms with Crippen LogP contribution in [0, 0.1) is 55.4 Å². The van der Waals surface area contributed by atoms with E-state index in [2.05, 4.69) is 29.7 Å². The van der Waals surface area contributed by atoms with Crippen LogP contribution in [0.25, 0.3) is 0 Å². The second-order valence-electron chi connectivity index (χ2n) is 11.1. The zero-order valence-electron chi connectivity index (χ0n) is 28.1. The van der Waals surface area contributed by atoms with Gasteiger partial charge < -0.3 is 9.80 Å². The van der Waals surface area contributed by atoms with E-state index in [1.807, 2.05) is 101 Å². The second-order valence-corrected chi connectivity index (χ2v) is 15.9. The summed E-state index contributed by atoms with van der Waals surface area (Å²) in [6.45, 7) is 19.5. The van der Waals surface area contributed by atoms with E-state index in [-0.39, 0.29) is 0 Å². The van der Waals surface area contributed by atoms with Crippen LogP contribution < -0.4 is 9.80 Å². The molecule has 0 atom stereocenters. The maximum Gasteiger partial charge on any atom is 0.225 e. The van der Waals surface area contributed by atoms with E-state index in [1.54, 1.807) is 23.5 Å². The van der Waals surface area contributed by atoms with Gasteiger partial charge in [0.05, 0.1) is 0 Å². The quantitative estimate of drug-likeness (QED) is 0.0512. The molecule has 0 unspecified atom stereocenters. The van der Waals surface area contributed by atoms with Crippen molar-refractivity contribution in [1.29, 1.82) is 0 Å². The van der Waals surface area contributed by atoms with Crippen LogP contribution in [0.1, 0.15) is 45.6 Å². The number of nitrogens with zero attached hydrogens (tertiary/aromatic N) is 10. The van der Waals surface area contributed by atoms with E-state index >= 15 is 0 Å². The van der Waals surface area contributed by atoms with Crippen LogP contribution in [0.3, 0.4) is 0 Å². The summed E-state index contributed by atoms with van der Waals surface area (Å²) in [6.07, 6.45) is 0. The first-order chi connectivity index (χ1) is 22.0. The molecule has 0 spiro atoms. The highest BCUT2D eigenvalue weighted by Gasteiger charge is 2.14. The number of aryl methyl sites for hydroxylation is 8. The van der Waals surface area contributed by atoms with Crippen molar-refractivity contribution in [2.24, 2.45) is 0 Å². The molecule has 0 N–H and O–H groups in total. The van der Waals surface area contributed by atoms with Crippen molar-refractivity contribution >= 4 is 57.0 Å². The zero-order valence-corrected chi connectivity index (χ0v) is 31.3. The smallest absolute Gasteiger partial charge is 0.225 e. The molecule has 246 valence electrons. The topological polar surface area (TPSA) is 110 Å². The Kier molecular flexibility index (Phi) is 14.2. The maximum atomic E-state index is 4.76. The molecule has 0 aliphatic heterocycles. The predicted molar refractivity (Wildman–Crippen MR) is 197 cm³/mol. The van der Waals surface area contributed by atoms with Crippen molar-refractivity contribution in [2.45, 2.75) is 65.7 Å². The summed E-state index contributed by atoms with van der Waals surface area (Å²) in [5, 5.41) is 1.64. The molecule has 0 aliphatic carbocycles. The molecule has 0 fully saturated rings. The van der Waals surface area contributed by atoms with E-state index in [1.165, 1.54) is 0 Å². The van der Waals surface area contributed by atoms with Crippen molar-refractivity contribution in [3.05, 3.63) is 69.8 Å². The van der Waals surface area contributed by atoms with Crippen LogP contribution in [-0.4, -0.2) is 89.1 Å². The summed E-state index contributed by atoms with van der Waals surface area (Å²) in [5.74, 6) is 5.18. The first-order valence-corrected chi connectivity index (χ1v) is 19.8. The number of aromatic nitrogens is 8. The van der Waals surface area contributed by atoms with Crippen LogP contribution in [0.2, 0.25) is 0 Å². The van der Waals surface area contributed by atoms with Gasteiger partial charge in [-0.15, -0.1) is 0 Å². The van der Waals surface area contributed by atoms with Gasteiger partial charge in [0.1, 0.15) is 0 Å². The molecule has 4 aromatic heterocycles. The van der Waals surface area contributed by atoms with E-state index in [4.69, 9.17) is 19.9 Å². The fourth-order valence-corrected chi connectivity index (χ4v) is 8.55. The summed E-state index contributed by atoms with van der Waals surface area (Å²) in [7, 11) is 3.76. The summed E-state index contributed by atoms with van der Waals surface area (Å²) < 4.78 is 0. The van der Waals surface area contributed by atoms with Gasteiger partial charge in [-0.3, -0.25) is 0 Å². The zero-order chi connectivity index (χ0) is 33.1. The van der Waals surface area contributed by atoms with E-state index < -0.39 is 0 Å². The Balaban J connectivity index is 1.30. The molecule has 4 heterocycles. The summed E-state index contributed by atoms with van der Waals surface area (Å²) >= 11 is 3.36. The van der Waals surface area contributed by atoms with Gasteiger partial charge in [0.15, 0.2) is 10.3 Å². The Labute approximate surface area is 290 Å². The van der Waals surface area contributed by atoms with E-state index in [9.17, 15) is 0 Å². The lowest BCUT2D eigenvalue weighted by Gasteiger charge is -2.24. The number of rotatable bonds is 17. The molecular formula is C32H44N10S4. The minimum absolute atomic E-state index is 0.786. The van der Waals surface area contributed by atoms with Crippen LogP contribution in [-0.2, 0) is 0 Å². The van der Waals surface area contributed by atoms with E-state index in [0.29, 0.717) is 0 Å². The third kappa shape index (κ3) is 12.2. The second kappa shape index (κ2) is 18.0. The molecule has 10 nitrogen and oxygen atoms in total. The van der Waals surface area contributed by atoms with Crippen molar-refractivity contribution in [2.75, 3.05) is 59.0 Å².